The van der Waals surface area contributed by atoms with Crippen LogP contribution in [-0.2, 0) is 4.79 Å². The molecule has 0 heterocycles. The first kappa shape index (κ1) is 17.6. The number of benzene rings is 1. The van der Waals surface area contributed by atoms with Crippen molar-refractivity contribution in [1.29, 1.82) is 5.26 Å². The number of nitrogens with one attached hydrogen (secondary N) is 1. The second kappa shape index (κ2) is 7.19. The van der Waals surface area contributed by atoms with E-state index in [1.165, 1.54) is 0 Å². The summed E-state index contributed by atoms with van der Waals surface area (Å²) in [5.74, 6) is 0.324. The Morgan fingerprint density at radius 2 is 1.78 bits per heavy atom. The summed E-state index contributed by atoms with van der Waals surface area (Å²) < 4.78 is 0. The van der Waals surface area contributed by atoms with Gasteiger partial charge in [0.15, 0.2) is 0 Å². The van der Waals surface area contributed by atoms with Gasteiger partial charge in [-0.1, -0.05) is 32.4 Å². The van der Waals surface area contributed by atoms with Crippen LogP contribution in [0.3, 0.4) is 0 Å². The van der Waals surface area contributed by atoms with Gasteiger partial charge < -0.3 is 5.32 Å². The Kier molecular flexibility index (Phi) is 5.49. The van der Waals surface area contributed by atoms with Crippen molar-refractivity contribution in [2.24, 2.45) is 11.3 Å². The summed E-state index contributed by atoms with van der Waals surface area (Å²) in [6, 6.07) is 8.99. The highest BCUT2D eigenvalue weighted by molar-refractivity contribution is 6.30. The van der Waals surface area contributed by atoms with Crippen LogP contribution < -0.4 is 5.32 Å². The number of anilines is 1. The second-order valence-corrected chi connectivity index (χ2v) is 7.63. The maximum atomic E-state index is 12.4. The van der Waals surface area contributed by atoms with Crippen molar-refractivity contribution >= 4 is 23.2 Å². The first-order chi connectivity index (χ1) is 10.8. The van der Waals surface area contributed by atoms with Gasteiger partial charge in [-0.25, -0.2) is 0 Å². The van der Waals surface area contributed by atoms with Gasteiger partial charge in [-0.3, -0.25) is 4.79 Å². The molecule has 0 bridgehead atoms. The van der Waals surface area contributed by atoms with E-state index >= 15 is 0 Å². The largest absolute Gasteiger partial charge is 0.321 e. The molecule has 3 nitrogen and oxygen atoms in total. The Morgan fingerprint density at radius 3 is 2.26 bits per heavy atom. The molecule has 0 aliphatic heterocycles. The SMILES string of the molecule is CC(C)(C)C1CCC(=C(C#N)C(=O)Nc2ccc(Cl)cc2)CC1. The smallest absolute Gasteiger partial charge is 0.266 e. The zero-order chi connectivity index (χ0) is 17.0. The van der Waals surface area contributed by atoms with Gasteiger partial charge in [-0.2, -0.15) is 5.26 Å². The zero-order valence-corrected chi connectivity index (χ0v) is 14.7. The summed E-state index contributed by atoms with van der Waals surface area (Å²) >= 11 is 5.84. The molecule has 0 aromatic heterocycles. The molecular weight excluding hydrogens is 308 g/mol. The summed E-state index contributed by atoms with van der Waals surface area (Å²) in [6.45, 7) is 6.76. The van der Waals surface area contributed by atoms with E-state index in [-0.39, 0.29) is 16.9 Å². The lowest BCUT2D eigenvalue weighted by atomic mass is 9.71. The van der Waals surface area contributed by atoms with Crippen LogP contribution in [0.25, 0.3) is 0 Å². The summed E-state index contributed by atoms with van der Waals surface area (Å²) in [5, 5.41) is 12.8. The van der Waals surface area contributed by atoms with Gasteiger partial charge >= 0.3 is 0 Å². The Hall–Kier alpha value is -1.79. The van der Waals surface area contributed by atoms with Gasteiger partial charge in [0, 0.05) is 10.7 Å². The molecule has 1 fully saturated rings. The molecular formula is C19H23ClN2O. The van der Waals surface area contributed by atoms with Crippen molar-refractivity contribution in [2.75, 3.05) is 5.32 Å². The molecule has 0 radical (unpaired) electrons. The lowest BCUT2D eigenvalue weighted by Gasteiger charge is -2.35. The Morgan fingerprint density at radius 1 is 1.22 bits per heavy atom. The molecule has 0 unspecified atom stereocenters. The fraction of sp³-hybridized carbons (Fsp3) is 0.474. The van der Waals surface area contributed by atoms with Gasteiger partial charge in [0.25, 0.3) is 5.91 Å². The molecule has 2 rings (SSSR count). The molecule has 1 aromatic rings. The van der Waals surface area contributed by atoms with Crippen LogP contribution in [0, 0.1) is 22.7 Å². The molecule has 0 saturated heterocycles. The van der Waals surface area contributed by atoms with Gasteiger partial charge in [0.2, 0.25) is 0 Å². The van der Waals surface area contributed by atoms with E-state index in [0.717, 1.165) is 31.3 Å². The van der Waals surface area contributed by atoms with Crippen LogP contribution >= 0.6 is 11.6 Å². The van der Waals surface area contributed by atoms with E-state index in [0.29, 0.717) is 16.6 Å². The molecule has 23 heavy (non-hydrogen) atoms. The first-order valence-electron chi connectivity index (χ1n) is 8.00. The van der Waals surface area contributed by atoms with E-state index in [9.17, 15) is 10.1 Å². The van der Waals surface area contributed by atoms with Crippen molar-refractivity contribution < 1.29 is 4.79 Å². The predicted molar refractivity (Wildman–Crippen MR) is 94.1 cm³/mol. The fourth-order valence-corrected chi connectivity index (χ4v) is 3.23. The maximum Gasteiger partial charge on any atom is 0.266 e. The molecule has 0 spiro atoms. The number of halogens is 1. The molecule has 0 atom stereocenters. The van der Waals surface area contributed by atoms with Gasteiger partial charge in [-0.15, -0.1) is 0 Å². The Bertz CT molecular complexity index is 637. The molecule has 1 aromatic carbocycles. The standard InChI is InChI=1S/C19H23ClN2O/c1-19(2,3)14-6-4-13(5-7-14)17(12-21)18(23)22-16-10-8-15(20)9-11-16/h8-11,14H,4-7H2,1-3H3,(H,22,23). The second-order valence-electron chi connectivity index (χ2n) is 7.19. The monoisotopic (exact) mass is 330 g/mol. The van der Waals surface area contributed by atoms with Crippen LogP contribution in [0.2, 0.25) is 5.02 Å². The number of rotatable bonds is 2. The summed E-state index contributed by atoms with van der Waals surface area (Å²) in [5.41, 5.74) is 2.19. The number of nitriles is 1. The van der Waals surface area contributed by atoms with Crippen LogP contribution in [0.15, 0.2) is 35.4 Å². The fourth-order valence-electron chi connectivity index (χ4n) is 3.10. The summed E-state index contributed by atoms with van der Waals surface area (Å²) in [7, 11) is 0. The van der Waals surface area contributed by atoms with E-state index < -0.39 is 0 Å². The number of allylic oxidation sites excluding steroid dienone is 1. The molecule has 1 amide bonds. The first-order valence-corrected chi connectivity index (χ1v) is 8.38. The number of carbonyl (C=O) groups is 1. The maximum absolute atomic E-state index is 12.4. The molecule has 4 heteroatoms. The topological polar surface area (TPSA) is 52.9 Å². The highest BCUT2D eigenvalue weighted by Crippen LogP contribution is 2.40. The van der Waals surface area contributed by atoms with Crippen molar-refractivity contribution in [1.82, 2.24) is 0 Å². The zero-order valence-electron chi connectivity index (χ0n) is 13.9. The predicted octanol–water partition coefficient (Wildman–Crippen LogP) is 5.33. The summed E-state index contributed by atoms with van der Waals surface area (Å²) in [6.07, 6.45) is 3.74. The minimum Gasteiger partial charge on any atom is -0.321 e. The van der Waals surface area contributed by atoms with Crippen molar-refractivity contribution in [3.05, 3.63) is 40.4 Å². The Labute approximate surface area is 143 Å². The quantitative estimate of drug-likeness (QED) is 0.588. The van der Waals surface area contributed by atoms with Gasteiger partial charge in [0.05, 0.1) is 0 Å². The number of amides is 1. The van der Waals surface area contributed by atoms with E-state index in [2.05, 4.69) is 32.2 Å². The molecule has 1 aliphatic rings. The van der Waals surface area contributed by atoms with Crippen molar-refractivity contribution in [2.45, 2.75) is 46.5 Å². The van der Waals surface area contributed by atoms with Gasteiger partial charge in [0.1, 0.15) is 11.6 Å². The van der Waals surface area contributed by atoms with Crippen LogP contribution in [0.1, 0.15) is 46.5 Å². The number of hydrogen-bond donors (Lipinski definition) is 1. The number of hydrogen-bond acceptors (Lipinski definition) is 2. The van der Waals surface area contributed by atoms with Crippen LogP contribution in [0.4, 0.5) is 5.69 Å². The highest BCUT2D eigenvalue weighted by atomic mass is 35.5. The third-order valence-electron chi connectivity index (χ3n) is 4.61. The molecule has 1 aliphatic carbocycles. The van der Waals surface area contributed by atoms with E-state index in [1.807, 2.05) is 0 Å². The minimum atomic E-state index is -0.320. The molecule has 1 saturated carbocycles. The van der Waals surface area contributed by atoms with Crippen LogP contribution in [-0.4, -0.2) is 5.91 Å². The lowest BCUT2D eigenvalue weighted by Crippen LogP contribution is -2.25. The molecule has 122 valence electrons. The third kappa shape index (κ3) is 4.59. The van der Waals surface area contributed by atoms with E-state index in [1.54, 1.807) is 24.3 Å². The van der Waals surface area contributed by atoms with Crippen molar-refractivity contribution in [3.63, 3.8) is 0 Å². The minimum absolute atomic E-state index is 0.271. The van der Waals surface area contributed by atoms with E-state index in [4.69, 9.17) is 11.6 Å². The normalized spacial score (nSPS) is 18.2. The van der Waals surface area contributed by atoms with Gasteiger partial charge in [-0.05, 0) is 66.9 Å². The number of nitrogens with zero attached hydrogens (tertiary/aromatic N) is 1. The highest BCUT2D eigenvalue weighted by Gasteiger charge is 2.29. The lowest BCUT2D eigenvalue weighted by molar-refractivity contribution is -0.112. The Balaban J connectivity index is 2.09. The third-order valence-corrected chi connectivity index (χ3v) is 4.86. The van der Waals surface area contributed by atoms with Crippen LogP contribution in [0.5, 0.6) is 0 Å². The number of carbonyl (C=O) groups excluding carboxylic acids is 1. The van der Waals surface area contributed by atoms with Crippen molar-refractivity contribution in [3.8, 4) is 6.07 Å². The molecule has 1 N–H and O–H groups in total. The average molecular weight is 331 g/mol. The summed E-state index contributed by atoms with van der Waals surface area (Å²) in [4.78, 5) is 12.4. The average Bonchev–Trinajstić information content (AvgIpc) is 2.50.